The Morgan fingerprint density at radius 3 is 2.20 bits per heavy atom. The molecule has 13 nitrogen and oxygen atoms in total. The first kappa shape index (κ1) is 35.7. The van der Waals surface area contributed by atoms with Gasteiger partial charge in [0.15, 0.2) is 4.90 Å². The molecule has 1 aliphatic heterocycles. The zero-order valence-electron chi connectivity index (χ0n) is 25.9. The van der Waals surface area contributed by atoms with E-state index in [0.29, 0.717) is 53.7 Å². The molecule has 0 spiro atoms. The second kappa shape index (κ2) is 15.7. The topological polar surface area (TPSA) is 165 Å². The molecule has 256 valence electrons. The summed E-state index contributed by atoms with van der Waals surface area (Å²) in [5.74, 6) is 0.0338. The van der Waals surface area contributed by atoms with Crippen LogP contribution < -0.4 is 9.46 Å². The van der Waals surface area contributed by atoms with Gasteiger partial charge in [-0.2, -0.15) is 4.72 Å². The maximum atomic E-state index is 14.0. The van der Waals surface area contributed by atoms with Crippen LogP contribution in [0.25, 0.3) is 0 Å². The number of piperazine rings is 1. The maximum absolute atomic E-state index is 14.0. The molecule has 1 amide bonds. The Bertz CT molecular complexity index is 1940. The Labute approximate surface area is 292 Å². The van der Waals surface area contributed by atoms with Crippen molar-refractivity contribution in [1.29, 1.82) is 0 Å². The lowest BCUT2D eigenvalue weighted by atomic mass is 10.0. The standard InChI is InChI=1S/C33H31Cl2N5O8S/c34-28-8-4-7-25(32(28)35)21-37-15-17-38(18-16-37)33(41)29(19-23-9-12-27(13-10-23)48-22-24-5-2-1-3-6-24)36-49(46,47)31-14-11-26(39(42)43)20-30(31)40(44)45/h1-14,20,29,36H,15-19,21-22H2/t29-/m0/s1. The molecule has 1 N–H and O–H groups in total. The molecule has 0 bridgehead atoms. The van der Waals surface area contributed by atoms with Crippen molar-refractivity contribution in [2.75, 3.05) is 26.2 Å². The van der Waals surface area contributed by atoms with E-state index in [9.17, 15) is 33.4 Å². The van der Waals surface area contributed by atoms with Crippen molar-refractivity contribution in [2.45, 2.75) is 30.5 Å². The summed E-state index contributed by atoms with van der Waals surface area (Å²) in [6.07, 6.45) is -0.0872. The molecule has 1 saturated heterocycles. The molecule has 0 unspecified atom stereocenters. The summed E-state index contributed by atoms with van der Waals surface area (Å²) in [5, 5.41) is 23.9. The summed E-state index contributed by atoms with van der Waals surface area (Å²) in [7, 11) is -4.71. The smallest absolute Gasteiger partial charge is 0.296 e. The zero-order chi connectivity index (χ0) is 35.1. The van der Waals surface area contributed by atoms with Crippen LogP contribution in [0, 0.1) is 20.2 Å². The van der Waals surface area contributed by atoms with Gasteiger partial charge in [0, 0.05) is 38.8 Å². The first-order chi connectivity index (χ1) is 23.4. The van der Waals surface area contributed by atoms with E-state index in [-0.39, 0.29) is 19.5 Å². The third-order valence-electron chi connectivity index (χ3n) is 7.96. The fourth-order valence-corrected chi connectivity index (χ4v) is 7.10. The summed E-state index contributed by atoms with van der Waals surface area (Å²) in [5.41, 5.74) is 0.773. The molecule has 1 heterocycles. The van der Waals surface area contributed by atoms with Crippen LogP contribution in [0.4, 0.5) is 11.4 Å². The summed E-state index contributed by atoms with van der Waals surface area (Å²) in [6, 6.07) is 22.6. The number of carbonyl (C=O) groups excluding carboxylic acids is 1. The number of rotatable bonds is 13. The lowest BCUT2D eigenvalue weighted by molar-refractivity contribution is -0.396. The van der Waals surface area contributed by atoms with Crippen molar-refractivity contribution >= 4 is 50.5 Å². The Balaban J connectivity index is 1.35. The second-order valence-corrected chi connectivity index (χ2v) is 13.7. The first-order valence-electron chi connectivity index (χ1n) is 15.1. The van der Waals surface area contributed by atoms with Gasteiger partial charge in [-0.3, -0.25) is 29.9 Å². The van der Waals surface area contributed by atoms with E-state index in [0.717, 1.165) is 23.3 Å². The number of ether oxygens (including phenoxy) is 1. The lowest BCUT2D eigenvalue weighted by Gasteiger charge is -2.36. The van der Waals surface area contributed by atoms with E-state index in [1.165, 1.54) is 4.90 Å². The van der Waals surface area contributed by atoms with Crippen LogP contribution >= 0.6 is 23.2 Å². The van der Waals surface area contributed by atoms with Crippen LogP contribution in [0.5, 0.6) is 5.75 Å². The number of nitrogens with one attached hydrogen (secondary N) is 1. The van der Waals surface area contributed by atoms with Crippen LogP contribution in [0.2, 0.25) is 10.0 Å². The van der Waals surface area contributed by atoms with Crippen LogP contribution in [-0.2, 0) is 34.4 Å². The van der Waals surface area contributed by atoms with E-state index in [4.69, 9.17) is 27.9 Å². The highest BCUT2D eigenvalue weighted by Gasteiger charge is 2.35. The van der Waals surface area contributed by atoms with Crippen molar-refractivity contribution in [1.82, 2.24) is 14.5 Å². The number of halogens is 2. The minimum atomic E-state index is -4.71. The number of hydrogen-bond donors (Lipinski definition) is 1. The van der Waals surface area contributed by atoms with Gasteiger partial charge in [0.25, 0.3) is 11.4 Å². The van der Waals surface area contributed by atoms with Crippen molar-refractivity contribution in [2.24, 2.45) is 0 Å². The SMILES string of the molecule is O=C([C@H](Cc1ccc(OCc2ccccc2)cc1)NS(=O)(=O)c1ccc([N+](=O)[O-])cc1[N+](=O)[O-])N1CCN(Cc2cccc(Cl)c2Cl)CC1. The molecule has 0 aliphatic carbocycles. The maximum Gasteiger partial charge on any atom is 0.296 e. The number of non-ortho nitro benzene ring substituents is 1. The average molecular weight is 729 g/mol. The third-order valence-corrected chi connectivity index (χ3v) is 10.3. The van der Waals surface area contributed by atoms with Crippen molar-refractivity contribution in [3.05, 3.63) is 138 Å². The minimum Gasteiger partial charge on any atom is -0.489 e. The molecule has 0 saturated carbocycles. The van der Waals surface area contributed by atoms with Gasteiger partial charge in [-0.1, -0.05) is 77.8 Å². The molecule has 0 aromatic heterocycles. The summed E-state index contributed by atoms with van der Waals surface area (Å²) in [6.45, 7) is 2.33. The van der Waals surface area contributed by atoms with Crippen LogP contribution in [0.15, 0.2) is 95.9 Å². The number of nitrogens with zero attached hydrogens (tertiary/aromatic N) is 4. The van der Waals surface area contributed by atoms with Gasteiger partial charge in [-0.05, 0) is 47.4 Å². The minimum absolute atomic E-state index is 0.0872. The number of nitro benzene ring substituents is 2. The van der Waals surface area contributed by atoms with E-state index >= 15 is 0 Å². The van der Waals surface area contributed by atoms with Gasteiger partial charge in [-0.15, -0.1) is 0 Å². The number of hydrogen-bond acceptors (Lipinski definition) is 9. The normalized spacial score (nSPS) is 14.3. The fraction of sp³-hybridized carbons (Fsp3) is 0.242. The Hall–Kier alpha value is -4.60. The molecular weight excluding hydrogens is 697 g/mol. The molecule has 4 aromatic rings. The molecule has 1 aliphatic rings. The number of nitro groups is 2. The van der Waals surface area contributed by atoms with Gasteiger partial charge in [-0.25, -0.2) is 8.42 Å². The number of amides is 1. The number of benzene rings is 4. The van der Waals surface area contributed by atoms with E-state index < -0.39 is 48.1 Å². The molecule has 49 heavy (non-hydrogen) atoms. The van der Waals surface area contributed by atoms with Gasteiger partial charge in [0.2, 0.25) is 15.9 Å². The molecular formula is C33H31Cl2N5O8S. The average Bonchev–Trinajstić information content (AvgIpc) is 3.09. The highest BCUT2D eigenvalue weighted by atomic mass is 35.5. The third kappa shape index (κ3) is 9.10. The van der Waals surface area contributed by atoms with Crippen molar-refractivity contribution in [3.8, 4) is 5.75 Å². The molecule has 5 rings (SSSR count). The summed E-state index contributed by atoms with van der Waals surface area (Å²) >= 11 is 12.5. The molecule has 1 fully saturated rings. The first-order valence-corrected chi connectivity index (χ1v) is 17.3. The monoisotopic (exact) mass is 727 g/mol. The van der Waals surface area contributed by atoms with Crippen LogP contribution in [0.1, 0.15) is 16.7 Å². The largest absolute Gasteiger partial charge is 0.489 e. The fourth-order valence-electron chi connectivity index (χ4n) is 5.38. The highest BCUT2D eigenvalue weighted by Crippen LogP contribution is 2.30. The van der Waals surface area contributed by atoms with E-state index in [2.05, 4.69) is 9.62 Å². The number of sulfonamides is 1. The van der Waals surface area contributed by atoms with E-state index in [1.807, 2.05) is 36.4 Å². The quantitative estimate of drug-likeness (QED) is 0.136. The predicted octanol–water partition coefficient (Wildman–Crippen LogP) is 5.62. The predicted molar refractivity (Wildman–Crippen MR) is 183 cm³/mol. The summed E-state index contributed by atoms with van der Waals surface area (Å²) in [4.78, 5) is 37.9. The Kier molecular flexibility index (Phi) is 11.5. The molecule has 16 heteroatoms. The van der Waals surface area contributed by atoms with Crippen molar-refractivity contribution < 1.29 is 27.8 Å². The van der Waals surface area contributed by atoms with Gasteiger partial charge < -0.3 is 9.64 Å². The Morgan fingerprint density at radius 2 is 1.55 bits per heavy atom. The van der Waals surface area contributed by atoms with E-state index in [1.54, 1.807) is 36.4 Å². The highest BCUT2D eigenvalue weighted by molar-refractivity contribution is 7.89. The second-order valence-electron chi connectivity index (χ2n) is 11.3. The zero-order valence-corrected chi connectivity index (χ0v) is 28.2. The molecule has 0 radical (unpaired) electrons. The summed E-state index contributed by atoms with van der Waals surface area (Å²) < 4.78 is 35.4. The van der Waals surface area contributed by atoms with Crippen molar-refractivity contribution in [3.63, 3.8) is 0 Å². The van der Waals surface area contributed by atoms with Crippen LogP contribution in [-0.4, -0.2) is 66.2 Å². The number of carbonyl (C=O) groups is 1. The molecule has 1 atom stereocenters. The Morgan fingerprint density at radius 1 is 0.857 bits per heavy atom. The van der Waals surface area contributed by atoms with Gasteiger partial charge in [0.05, 0.1) is 26.0 Å². The van der Waals surface area contributed by atoms with Gasteiger partial charge >= 0.3 is 0 Å². The lowest BCUT2D eigenvalue weighted by Crippen LogP contribution is -2.55. The van der Waals surface area contributed by atoms with Crippen LogP contribution in [0.3, 0.4) is 0 Å². The van der Waals surface area contributed by atoms with Gasteiger partial charge in [0.1, 0.15) is 18.4 Å². The molecule has 4 aromatic carbocycles.